The predicted molar refractivity (Wildman–Crippen MR) is 236 cm³/mol. The molecular weight excluding hydrogens is 825 g/mol. The lowest BCUT2D eigenvalue weighted by Gasteiger charge is -2.39. The van der Waals surface area contributed by atoms with Gasteiger partial charge >= 0.3 is 0 Å². The third-order valence-electron chi connectivity index (χ3n) is 12.8. The van der Waals surface area contributed by atoms with Gasteiger partial charge in [-0.25, -0.2) is 0 Å². The molecule has 0 bridgehead atoms. The topological polar surface area (TPSA) is 134 Å². The minimum absolute atomic E-state index is 0.0716. The molecule has 0 radical (unpaired) electrons. The first kappa shape index (κ1) is 40.5. The summed E-state index contributed by atoms with van der Waals surface area (Å²) in [5, 5.41) is 14.6. The fraction of sp³-hybridized carbons (Fsp3) is 0.298. The number of anilines is 3. The summed E-state index contributed by atoms with van der Waals surface area (Å²) < 4.78 is 13.6. The maximum Gasteiger partial charge on any atom is 0.264 e. The van der Waals surface area contributed by atoms with Crippen LogP contribution in [-0.2, 0) is 39.4 Å². The molecule has 3 aliphatic heterocycles. The second-order valence-corrected chi connectivity index (χ2v) is 22.1. The monoisotopic (exact) mass is 872 g/mol. The molecule has 3 heterocycles. The average Bonchev–Trinajstić information content (AvgIpc) is 3.66. The molecule has 5 atom stereocenters. The first-order valence-corrected chi connectivity index (χ1v) is 23.9. The lowest BCUT2D eigenvalue weighted by Crippen LogP contribution is -2.52. The summed E-state index contributed by atoms with van der Waals surface area (Å²) in [4.78, 5) is 46.5. The van der Waals surface area contributed by atoms with E-state index in [9.17, 15) is 14.7 Å². The molecule has 12 heteroatoms. The fourth-order valence-electron chi connectivity index (χ4n) is 9.69. The zero-order valence-corrected chi connectivity index (χ0v) is 36.2. The minimum atomic E-state index is -2.53. The summed E-state index contributed by atoms with van der Waals surface area (Å²) >= 11 is 3.70. The number of rotatable bonds is 10. The number of nitrogens with zero attached hydrogens (tertiary/aromatic N) is 2. The Bertz CT molecular complexity index is 2390. The fourth-order valence-corrected chi connectivity index (χ4v) is 14.1. The van der Waals surface area contributed by atoms with Crippen molar-refractivity contribution in [2.75, 3.05) is 29.7 Å². The Hall–Kier alpha value is -5.27. The molecule has 0 aliphatic carbocycles. The van der Waals surface area contributed by atoms with Gasteiger partial charge in [-0.05, 0) is 95.4 Å². The summed E-state index contributed by atoms with van der Waals surface area (Å²) in [6.07, 6.45) is 0.0599. The van der Waals surface area contributed by atoms with Crippen LogP contribution in [-0.4, -0.2) is 61.7 Å². The molecular formula is C47H49BrN4O6Si. The number of hydrogen-bond acceptors (Lipinski definition) is 7. The number of hydrogen-bond donors (Lipinski definition) is 3. The molecule has 5 aromatic carbocycles. The van der Waals surface area contributed by atoms with Crippen molar-refractivity contribution in [2.24, 2.45) is 5.92 Å². The number of amides is 3. The normalized spacial score (nSPS) is 22.3. The number of fused-ring (bicyclic) bond motifs is 3. The van der Waals surface area contributed by atoms with E-state index in [0.717, 1.165) is 38.2 Å². The van der Waals surface area contributed by atoms with Crippen LogP contribution in [0.15, 0.2) is 120 Å². The quantitative estimate of drug-likeness (QED) is 0.0985. The van der Waals surface area contributed by atoms with Crippen molar-refractivity contribution in [3.63, 3.8) is 0 Å². The minimum Gasteiger partial charge on any atom is -0.497 e. The van der Waals surface area contributed by atoms with E-state index in [2.05, 4.69) is 59.5 Å². The highest BCUT2D eigenvalue weighted by molar-refractivity contribution is 9.10. The Morgan fingerprint density at radius 3 is 2.34 bits per heavy atom. The van der Waals surface area contributed by atoms with Crippen molar-refractivity contribution in [2.45, 2.75) is 69.2 Å². The second kappa shape index (κ2) is 16.1. The maximum absolute atomic E-state index is 15.4. The molecule has 8 rings (SSSR count). The lowest BCUT2D eigenvalue weighted by molar-refractivity contribution is -0.151. The van der Waals surface area contributed by atoms with Gasteiger partial charge in [-0.2, -0.15) is 0 Å². The summed E-state index contributed by atoms with van der Waals surface area (Å²) in [6.45, 7) is 7.25. The number of aliphatic hydroxyl groups is 1. The van der Waals surface area contributed by atoms with E-state index >= 15 is 4.79 Å². The van der Waals surface area contributed by atoms with Crippen molar-refractivity contribution >= 4 is 64.0 Å². The summed E-state index contributed by atoms with van der Waals surface area (Å²) in [7, 11) is -0.883. The van der Waals surface area contributed by atoms with Crippen LogP contribution < -0.4 is 25.9 Å². The van der Waals surface area contributed by atoms with Crippen LogP contribution in [0.5, 0.6) is 5.75 Å². The van der Waals surface area contributed by atoms with E-state index in [-0.39, 0.29) is 54.8 Å². The molecule has 1 fully saturated rings. The predicted octanol–water partition coefficient (Wildman–Crippen LogP) is 7.39. The van der Waals surface area contributed by atoms with E-state index in [1.165, 1.54) is 5.19 Å². The summed E-state index contributed by atoms with van der Waals surface area (Å²) in [5.74, 6) is -0.0649. The molecule has 10 nitrogen and oxygen atoms in total. The number of methoxy groups -OCH3 is 1. The number of carbonyl (C=O) groups excluding carboxylic acids is 3. The van der Waals surface area contributed by atoms with Crippen molar-refractivity contribution < 1.29 is 29.0 Å². The number of halogens is 1. The Labute approximate surface area is 354 Å². The molecule has 0 unspecified atom stereocenters. The smallest absolute Gasteiger partial charge is 0.264 e. The molecule has 4 N–H and O–H groups in total. The van der Waals surface area contributed by atoms with Crippen LogP contribution in [0.1, 0.15) is 46.0 Å². The van der Waals surface area contributed by atoms with Gasteiger partial charge in [0.25, 0.3) is 11.8 Å². The van der Waals surface area contributed by atoms with E-state index in [1.54, 1.807) is 41.2 Å². The molecule has 304 valence electrons. The number of nitrogens with one attached hydrogen (secondary N) is 1. The van der Waals surface area contributed by atoms with Crippen molar-refractivity contribution in [1.82, 2.24) is 4.90 Å². The first-order valence-electron chi connectivity index (χ1n) is 20.0. The molecule has 59 heavy (non-hydrogen) atoms. The van der Waals surface area contributed by atoms with Gasteiger partial charge in [0.05, 0.1) is 52.6 Å². The number of aliphatic hydroxyl groups excluding tert-OH is 1. The van der Waals surface area contributed by atoms with Crippen LogP contribution in [0.2, 0.25) is 18.6 Å². The third-order valence-corrected chi connectivity index (χ3v) is 17.6. The molecule has 1 saturated heterocycles. The van der Waals surface area contributed by atoms with Gasteiger partial charge in [0.1, 0.15) is 5.75 Å². The molecule has 5 aromatic rings. The molecule has 3 aliphatic rings. The number of nitrogen functional groups attached to an aromatic ring is 1. The molecule has 0 saturated carbocycles. The van der Waals surface area contributed by atoms with Gasteiger partial charge in [-0.15, -0.1) is 0 Å². The van der Waals surface area contributed by atoms with Crippen LogP contribution in [0, 0.1) is 5.92 Å². The highest BCUT2D eigenvalue weighted by Gasteiger charge is 2.66. The number of carbonyl (C=O) groups is 3. The Morgan fingerprint density at radius 2 is 1.66 bits per heavy atom. The average molecular weight is 874 g/mol. The molecule has 3 amide bonds. The number of nitrogens with two attached hydrogens (primary N) is 1. The van der Waals surface area contributed by atoms with E-state index < -0.39 is 19.8 Å². The van der Waals surface area contributed by atoms with Gasteiger partial charge in [0.15, 0.2) is 5.60 Å². The van der Waals surface area contributed by atoms with Crippen molar-refractivity contribution in [1.29, 1.82) is 0 Å². The van der Waals surface area contributed by atoms with Gasteiger partial charge < -0.3 is 35.4 Å². The Kier molecular flexibility index (Phi) is 11.0. The van der Waals surface area contributed by atoms with Crippen molar-refractivity contribution in [3.05, 3.63) is 148 Å². The van der Waals surface area contributed by atoms with Gasteiger partial charge in [0.2, 0.25) is 5.91 Å². The summed E-state index contributed by atoms with van der Waals surface area (Å²) in [5.41, 5.74) is 10.6. The van der Waals surface area contributed by atoms with E-state index in [4.69, 9.17) is 15.2 Å². The van der Waals surface area contributed by atoms with Gasteiger partial charge in [-0.3, -0.25) is 14.4 Å². The van der Waals surface area contributed by atoms with Crippen LogP contribution in [0.3, 0.4) is 0 Å². The second-order valence-electron chi connectivity index (χ2n) is 16.5. The van der Waals surface area contributed by atoms with E-state index in [0.29, 0.717) is 29.9 Å². The number of benzene rings is 5. The Morgan fingerprint density at radius 1 is 0.966 bits per heavy atom. The van der Waals surface area contributed by atoms with Gasteiger partial charge in [0, 0.05) is 39.4 Å². The van der Waals surface area contributed by atoms with Crippen LogP contribution >= 0.6 is 15.9 Å². The maximum atomic E-state index is 15.4. The summed E-state index contributed by atoms with van der Waals surface area (Å²) in [6, 6.07) is 36.0. The van der Waals surface area contributed by atoms with Crippen molar-refractivity contribution in [3.8, 4) is 5.75 Å². The third kappa shape index (κ3) is 7.37. The van der Waals surface area contributed by atoms with Gasteiger partial charge in [-0.1, -0.05) is 89.7 Å². The highest BCUT2D eigenvalue weighted by atomic mass is 79.9. The molecule has 1 spiro atoms. The SMILES string of the molecule is COc1ccc([Si](C)(C)[C@H]2[C@H](CC(=O)N3Cc4ccccc4C[C@H]3CO)O[C@@]3(C(=O)N(Cc4ccc(NC(=O)c5ccc(N)cc5)cc4)c4ccc(Br)cc43)[C@@H]2C)cc1. The Balaban J connectivity index is 1.12. The molecule has 0 aromatic heterocycles. The number of ether oxygens (including phenoxy) is 2. The van der Waals surface area contributed by atoms with E-state index in [1.807, 2.05) is 72.8 Å². The zero-order valence-electron chi connectivity index (χ0n) is 33.7. The van der Waals surface area contributed by atoms with Crippen LogP contribution in [0.4, 0.5) is 17.1 Å². The first-order chi connectivity index (χ1) is 28.3. The highest BCUT2D eigenvalue weighted by Crippen LogP contribution is 2.60. The standard InChI is InChI=1S/C47H49BrN4O6Si/c1-29-44(59(3,4)39-20-18-38(57-2)19-21-39)42(25-43(54)51-27-33-8-6-5-7-32(33)23-37(51)28-53)58-47(29)40-24-34(48)13-22-41(40)52(46(47)56)26-30-9-16-36(17-10-30)50-45(55)31-11-14-35(49)15-12-31/h5-22,24,29,37,42,44,53H,23,25-28,49H2,1-4H3,(H,50,55)/t29-,37+,42+,44-,47+/m1/s1. The lowest BCUT2D eigenvalue weighted by atomic mass is 9.82. The zero-order chi connectivity index (χ0) is 41.6. The van der Waals surface area contributed by atoms with Crippen LogP contribution in [0.25, 0.3) is 0 Å². The largest absolute Gasteiger partial charge is 0.497 e.